The second-order valence-corrected chi connectivity index (χ2v) is 10.5. The first-order valence-electron chi connectivity index (χ1n) is 13.2. The van der Waals surface area contributed by atoms with E-state index in [1.54, 1.807) is 53.4 Å². The van der Waals surface area contributed by atoms with Gasteiger partial charge in [-0.05, 0) is 42.8 Å². The number of piperazine rings is 1. The molecule has 1 unspecified atom stereocenters. The molecule has 2 fully saturated rings. The smallest absolute Gasteiger partial charge is 0.335 e. The van der Waals surface area contributed by atoms with Gasteiger partial charge in [0.1, 0.15) is 24.1 Å². The number of aromatic nitrogens is 3. The number of benzene rings is 2. The Morgan fingerprint density at radius 1 is 1.15 bits per heavy atom. The number of amides is 1. The molecular formula is C29H27ClFN5O5. The standard InChI is InChI=1S/C29H27ClFN5O5/c30-20-6-4-19(22(31)13-20)17-41-27-3-1-2-25(33-27)35-10-9-34(16-28(35)37)15-26-32-23-7-5-18(29(38)39)12-24(23)36(26)14-21-8-11-40-21/h1-7,12-13,21H,8-11,14-17H2,(H,38,39). The van der Waals surface area contributed by atoms with E-state index in [0.29, 0.717) is 54.7 Å². The molecule has 1 amide bonds. The number of fused-ring (bicyclic) bond motifs is 1. The maximum absolute atomic E-state index is 14.1. The number of nitrogens with zero attached hydrogens (tertiary/aromatic N) is 5. The molecule has 12 heteroatoms. The minimum Gasteiger partial charge on any atom is -0.478 e. The summed E-state index contributed by atoms with van der Waals surface area (Å²) in [6.45, 7) is 2.83. The maximum atomic E-state index is 14.1. The van der Waals surface area contributed by atoms with Gasteiger partial charge in [0, 0.05) is 36.3 Å². The summed E-state index contributed by atoms with van der Waals surface area (Å²) in [7, 11) is 0. The fraction of sp³-hybridized carbons (Fsp3) is 0.310. The van der Waals surface area contributed by atoms with E-state index in [4.69, 9.17) is 26.1 Å². The van der Waals surface area contributed by atoms with E-state index < -0.39 is 11.8 Å². The van der Waals surface area contributed by atoms with Gasteiger partial charge in [0.15, 0.2) is 0 Å². The van der Waals surface area contributed by atoms with Crippen LogP contribution in [-0.4, -0.2) is 68.8 Å². The maximum Gasteiger partial charge on any atom is 0.335 e. The van der Waals surface area contributed by atoms with Gasteiger partial charge in [-0.15, -0.1) is 0 Å². The Hall–Kier alpha value is -4.06. The van der Waals surface area contributed by atoms with Crippen LogP contribution in [0.2, 0.25) is 5.02 Å². The molecule has 1 N–H and O–H groups in total. The number of pyridine rings is 1. The molecule has 0 bridgehead atoms. The number of hydrogen-bond acceptors (Lipinski definition) is 7. The molecule has 212 valence electrons. The Morgan fingerprint density at radius 2 is 2.00 bits per heavy atom. The summed E-state index contributed by atoms with van der Waals surface area (Å²) < 4.78 is 27.4. The highest BCUT2D eigenvalue weighted by Crippen LogP contribution is 2.25. The molecule has 6 rings (SSSR count). The van der Waals surface area contributed by atoms with Crippen LogP contribution in [-0.2, 0) is 29.2 Å². The number of carbonyl (C=O) groups excluding carboxylic acids is 1. The van der Waals surface area contributed by atoms with Crippen molar-refractivity contribution in [1.29, 1.82) is 0 Å². The number of carbonyl (C=O) groups is 2. The molecule has 41 heavy (non-hydrogen) atoms. The van der Waals surface area contributed by atoms with Crippen LogP contribution in [0, 0.1) is 5.82 Å². The number of imidazole rings is 1. The van der Waals surface area contributed by atoms with Crippen molar-refractivity contribution < 1.29 is 28.6 Å². The van der Waals surface area contributed by atoms with Crippen molar-refractivity contribution >= 4 is 40.3 Å². The topological polar surface area (TPSA) is 110 Å². The second-order valence-electron chi connectivity index (χ2n) is 10.0. The van der Waals surface area contributed by atoms with Crippen molar-refractivity contribution in [1.82, 2.24) is 19.4 Å². The van der Waals surface area contributed by atoms with Crippen LogP contribution in [0.5, 0.6) is 5.88 Å². The fourth-order valence-corrected chi connectivity index (χ4v) is 5.15. The molecule has 0 radical (unpaired) electrons. The summed E-state index contributed by atoms with van der Waals surface area (Å²) in [6.07, 6.45) is 0.981. The van der Waals surface area contributed by atoms with Gasteiger partial charge in [-0.3, -0.25) is 14.6 Å². The largest absolute Gasteiger partial charge is 0.478 e. The second kappa shape index (κ2) is 11.4. The molecule has 10 nitrogen and oxygen atoms in total. The Labute approximate surface area is 239 Å². The Morgan fingerprint density at radius 3 is 2.73 bits per heavy atom. The molecule has 4 heterocycles. The highest BCUT2D eigenvalue weighted by atomic mass is 35.5. The van der Waals surface area contributed by atoms with Gasteiger partial charge in [0.2, 0.25) is 11.8 Å². The monoisotopic (exact) mass is 579 g/mol. The van der Waals surface area contributed by atoms with Crippen LogP contribution in [0.3, 0.4) is 0 Å². The predicted molar refractivity (Wildman–Crippen MR) is 149 cm³/mol. The third kappa shape index (κ3) is 5.88. The summed E-state index contributed by atoms with van der Waals surface area (Å²) in [5.74, 6) is -0.0943. The van der Waals surface area contributed by atoms with E-state index in [1.807, 2.05) is 9.47 Å². The highest BCUT2D eigenvalue weighted by Gasteiger charge is 2.29. The van der Waals surface area contributed by atoms with E-state index >= 15 is 0 Å². The highest BCUT2D eigenvalue weighted by molar-refractivity contribution is 6.30. The van der Waals surface area contributed by atoms with E-state index in [2.05, 4.69) is 4.98 Å². The number of carboxylic acids is 1. The Balaban J connectivity index is 1.14. The van der Waals surface area contributed by atoms with Gasteiger partial charge >= 0.3 is 5.97 Å². The molecule has 0 saturated carbocycles. The number of anilines is 1. The van der Waals surface area contributed by atoms with Crippen molar-refractivity contribution in [2.45, 2.75) is 32.2 Å². The zero-order valence-electron chi connectivity index (χ0n) is 22.0. The molecular weight excluding hydrogens is 553 g/mol. The zero-order chi connectivity index (χ0) is 28.5. The van der Waals surface area contributed by atoms with Crippen molar-refractivity contribution in [2.24, 2.45) is 0 Å². The summed E-state index contributed by atoms with van der Waals surface area (Å²) in [6, 6.07) is 14.4. The van der Waals surface area contributed by atoms with Crippen molar-refractivity contribution in [3.8, 4) is 5.88 Å². The molecule has 0 aliphatic carbocycles. The number of halogens is 2. The van der Waals surface area contributed by atoms with E-state index in [-0.39, 0.29) is 36.6 Å². The average Bonchev–Trinajstić information content (AvgIpc) is 3.26. The molecule has 2 saturated heterocycles. The summed E-state index contributed by atoms with van der Waals surface area (Å²) >= 11 is 5.82. The molecule has 2 aromatic carbocycles. The molecule has 0 spiro atoms. The lowest BCUT2D eigenvalue weighted by Crippen LogP contribution is -2.50. The van der Waals surface area contributed by atoms with E-state index in [9.17, 15) is 19.1 Å². The molecule has 2 aliphatic rings. The normalized spacial score (nSPS) is 17.6. The first-order valence-corrected chi connectivity index (χ1v) is 13.6. The third-order valence-electron chi connectivity index (χ3n) is 7.29. The molecule has 4 aromatic rings. The number of ether oxygens (including phenoxy) is 2. The van der Waals surface area contributed by atoms with Gasteiger partial charge in [0.05, 0.1) is 42.3 Å². The fourth-order valence-electron chi connectivity index (χ4n) is 4.99. The van der Waals surface area contributed by atoms with Crippen LogP contribution in [0.1, 0.15) is 28.2 Å². The van der Waals surface area contributed by atoms with Crippen molar-refractivity contribution in [3.05, 3.63) is 82.4 Å². The van der Waals surface area contributed by atoms with Crippen LogP contribution in [0.15, 0.2) is 54.6 Å². The number of hydrogen-bond donors (Lipinski definition) is 1. The average molecular weight is 580 g/mol. The Bertz CT molecular complexity index is 1620. The van der Waals surface area contributed by atoms with Crippen LogP contribution in [0.25, 0.3) is 11.0 Å². The Kier molecular flexibility index (Phi) is 7.57. The lowest BCUT2D eigenvalue weighted by Gasteiger charge is -2.34. The van der Waals surface area contributed by atoms with Crippen LogP contribution < -0.4 is 9.64 Å². The first-order chi connectivity index (χ1) is 19.8. The minimum atomic E-state index is -0.997. The lowest BCUT2D eigenvalue weighted by molar-refractivity contribution is -0.121. The molecule has 1 atom stereocenters. The number of rotatable bonds is 9. The third-order valence-corrected chi connectivity index (χ3v) is 7.53. The SMILES string of the molecule is O=C(O)c1ccc2nc(CN3CCN(c4cccc(OCc5ccc(Cl)cc5F)n4)C(=O)C3)n(CC3CCO3)c2c1. The number of carboxylic acid groups (broad SMARTS) is 1. The van der Waals surface area contributed by atoms with Gasteiger partial charge in [-0.1, -0.05) is 23.7 Å². The lowest BCUT2D eigenvalue weighted by atomic mass is 10.1. The zero-order valence-corrected chi connectivity index (χ0v) is 22.8. The molecule has 2 aliphatic heterocycles. The van der Waals surface area contributed by atoms with Crippen molar-refractivity contribution in [2.75, 3.05) is 31.1 Å². The first kappa shape index (κ1) is 27.1. The minimum absolute atomic E-state index is 0.0258. The van der Waals surface area contributed by atoms with Gasteiger partial charge < -0.3 is 19.1 Å². The van der Waals surface area contributed by atoms with Crippen molar-refractivity contribution in [3.63, 3.8) is 0 Å². The number of aromatic carboxylic acids is 1. The summed E-state index contributed by atoms with van der Waals surface area (Å²) in [5.41, 5.74) is 1.98. The van der Waals surface area contributed by atoms with E-state index in [1.165, 1.54) is 6.07 Å². The van der Waals surface area contributed by atoms with Crippen LogP contribution >= 0.6 is 11.6 Å². The van der Waals surface area contributed by atoms with Gasteiger partial charge in [0.25, 0.3) is 0 Å². The predicted octanol–water partition coefficient (Wildman–Crippen LogP) is 4.14. The van der Waals surface area contributed by atoms with Crippen LogP contribution in [0.4, 0.5) is 10.2 Å². The van der Waals surface area contributed by atoms with Gasteiger partial charge in [-0.25, -0.2) is 14.2 Å². The summed E-state index contributed by atoms with van der Waals surface area (Å²) in [4.78, 5) is 37.6. The quantitative estimate of drug-likeness (QED) is 0.315. The van der Waals surface area contributed by atoms with E-state index in [0.717, 1.165) is 17.8 Å². The van der Waals surface area contributed by atoms with Gasteiger partial charge in [-0.2, -0.15) is 4.98 Å². The molecule has 2 aromatic heterocycles. The summed E-state index contributed by atoms with van der Waals surface area (Å²) in [5, 5.41) is 9.78.